The first-order valence-corrected chi connectivity index (χ1v) is 10.5. The van der Waals surface area contributed by atoms with E-state index < -0.39 is 17.6 Å². The Morgan fingerprint density at radius 1 is 1.22 bits per heavy atom. The van der Waals surface area contributed by atoms with Gasteiger partial charge < -0.3 is 21.0 Å². The van der Waals surface area contributed by atoms with Gasteiger partial charge in [0, 0.05) is 12.0 Å². The maximum atomic E-state index is 13.1. The van der Waals surface area contributed by atoms with Gasteiger partial charge in [-0.2, -0.15) is 0 Å². The Bertz CT molecular complexity index is 1210. The molecule has 2 aromatic heterocycles. The molecule has 2 heterocycles. The van der Waals surface area contributed by atoms with Crippen LogP contribution in [0.2, 0.25) is 10.0 Å². The molecule has 0 saturated heterocycles. The van der Waals surface area contributed by atoms with E-state index in [1.165, 1.54) is 13.2 Å². The Hall–Kier alpha value is -2.88. The van der Waals surface area contributed by atoms with E-state index in [0.717, 1.165) is 4.73 Å². The van der Waals surface area contributed by atoms with Crippen LogP contribution in [0.1, 0.15) is 19.7 Å². The quantitative estimate of drug-likeness (QED) is 0.493. The number of pyridine rings is 1. The summed E-state index contributed by atoms with van der Waals surface area (Å²) in [4.78, 5) is 39.0. The molecule has 32 heavy (non-hydrogen) atoms. The van der Waals surface area contributed by atoms with Crippen LogP contribution in [-0.2, 0) is 16.0 Å². The topological polar surface area (TPSA) is 135 Å². The van der Waals surface area contributed by atoms with Crippen molar-refractivity contribution in [2.45, 2.75) is 26.3 Å². The van der Waals surface area contributed by atoms with Crippen LogP contribution in [0.5, 0.6) is 0 Å². The minimum absolute atomic E-state index is 0.00866. The number of halogens is 2. The van der Waals surface area contributed by atoms with Crippen LogP contribution in [0.25, 0.3) is 22.2 Å². The zero-order valence-corrected chi connectivity index (χ0v) is 19.3. The fourth-order valence-electron chi connectivity index (χ4n) is 3.05. The molecule has 0 spiro atoms. The number of rotatable bonds is 7. The van der Waals surface area contributed by atoms with Crippen LogP contribution in [0.3, 0.4) is 0 Å². The predicted molar refractivity (Wildman–Crippen MR) is 124 cm³/mol. The second-order valence-electron chi connectivity index (χ2n) is 7.39. The van der Waals surface area contributed by atoms with E-state index in [2.05, 4.69) is 9.97 Å². The molecule has 3 aromatic rings. The van der Waals surface area contributed by atoms with Gasteiger partial charge >= 0.3 is 5.97 Å². The van der Waals surface area contributed by atoms with E-state index in [-0.39, 0.29) is 41.8 Å². The van der Waals surface area contributed by atoms with Crippen LogP contribution < -0.4 is 21.9 Å². The number of aromatic nitrogens is 3. The lowest BCUT2D eigenvalue weighted by Crippen LogP contribution is -2.37. The summed E-state index contributed by atoms with van der Waals surface area (Å²) >= 11 is 12.6. The molecule has 1 atom stereocenters. The van der Waals surface area contributed by atoms with Gasteiger partial charge in [0.1, 0.15) is 24.8 Å². The van der Waals surface area contributed by atoms with Crippen LogP contribution in [0.4, 0.5) is 5.82 Å². The molecule has 0 amide bonds. The summed E-state index contributed by atoms with van der Waals surface area (Å²) in [5.74, 6) is -0.170. The number of nitrogens with zero attached hydrogens (tertiary/aromatic N) is 3. The summed E-state index contributed by atoms with van der Waals surface area (Å²) in [5.41, 5.74) is 12.1. The van der Waals surface area contributed by atoms with Crippen molar-refractivity contribution in [1.82, 2.24) is 14.7 Å². The van der Waals surface area contributed by atoms with Gasteiger partial charge in [0.15, 0.2) is 5.65 Å². The fourth-order valence-corrected chi connectivity index (χ4v) is 3.65. The molecule has 1 aromatic carbocycles. The van der Waals surface area contributed by atoms with Gasteiger partial charge in [-0.05, 0) is 24.1 Å². The Labute approximate surface area is 194 Å². The molecule has 0 saturated carbocycles. The lowest BCUT2D eigenvalue weighted by molar-refractivity contribution is -0.146. The first-order chi connectivity index (χ1) is 15.1. The number of ether oxygens (including phenoxy) is 1. The summed E-state index contributed by atoms with van der Waals surface area (Å²) in [6.07, 6.45) is 0.173. The monoisotopic (exact) mass is 479 g/mol. The van der Waals surface area contributed by atoms with E-state index >= 15 is 0 Å². The number of esters is 1. The number of anilines is 1. The molecule has 170 valence electrons. The SMILES string of the molecule is COn1c(=O)c(-c2c(Cl)cccc2Cl)cc2c(N)nc(CCOC(=O)C(N)C(C)C)nc21. The van der Waals surface area contributed by atoms with Gasteiger partial charge in [-0.1, -0.05) is 43.1 Å². The third-order valence-corrected chi connectivity index (χ3v) is 5.50. The molecule has 0 fully saturated rings. The second kappa shape index (κ2) is 9.72. The second-order valence-corrected chi connectivity index (χ2v) is 8.20. The van der Waals surface area contributed by atoms with E-state index in [0.29, 0.717) is 21.0 Å². The van der Waals surface area contributed by atoms with Crippen LogP contribution in [0, 0.1) is 5.92 Å². The zero-order chi connectivity index (χ0) is 23.6. The Balaban J connectivity index is 2.01. The van der Waals surface area contributed by atoms with E-state index in [4.69, 9.17) is 44.2 Å². The minimum Gasteiger partial charge on any atom is -0.464 e. The van der Waals surface area contributed by atoms with Gasteiger partial charge in [0.2, 0.25) is 0 Å². The Morgan fingerprint density at radius 2 is 1.88 bits per heavy atom. The number of hydrogen-bond donors (Lipinski definition) is 2. The van der Waals surface area contributed by atoms with E-state index in [1.807, 2.05) is 13.8 Å². The van der Waals surface area contributed by atoms with Gasteiger partial charge in [-0.15, -0.1) is 4.73 Å². The van der Waals surface area contributed by atoms with Crippen molar-refractivity contribution in [2.24, 2.45) is 11.7 Å². The van der Waals surface area contributed by atoms with Crippen molar-refractivity contribution in [3.05, 3.63) is 50.5 Å². The standard InChI is InChI=1S/C21H23Cl2N5O4/c1-10(2)17(24)21(30)32-8-7-15-26-18(25)12-9-11(16-13(22)5-4-6-14(16)23)20(29)28(31-3)19(12)27-15/h4-6,9-10,17H,7-8,24H2,1-3H3,(H2,25,26,27). The third-order valence-electron chi connectivity index (χ3n) is 4.87. The number of fused-ring (bicyclic) bond motifs is 1. The predicted octanol–water partition coefficient (Wildman–Crippen LogP) is 2.47. The van der Waals surface area contributed by atoms with E-state index in [1.54, 1.807) is 18.2 Å². The normalized spacial score (nSPS) is 12.2. The highest BCUT2D eigenvalue weighted by atomic mass is 35.5. The first-order valence-electron chi connectivity index (χ1n) is 9.79. The Morgan fingerprint density at radius 3 is 2.47 bits per heavy atom. The molecule has 9 nitrogen and oxygen atoms in total. The van der Waals surface area contributed by atoms with Gasteiger partial charge in [-0.25, -0.2) is 9.97 Å². The number of nitrogen functional groups attached to an aromatic ring is 1. The molecular formula is C21H23Cl2N5O4. The lowest BCUT2D eigenvalue weighted by Gasteiger charge is -2.15. The largest absolute Gasteiger partial charge is 0.464 e. The molecule has 0 aliphatic rings. The fraction of sp³-hybridized carbons (Fsp3) is 0.333. The van der Waals surface area contributed by atoms with Crippen molar-refractivity contribution in [3.63, 3.8) is 0 Å². The summed E-state index contributed by atoms with van der Waals surface area (Å²) < 4.78 is 6.18. The molecular weight excluding hydrogens is 457 g/mol. The van der Waals surface area contributed by atoms with Crippen molar-refractivity contribution in [1.29, 1.82) is 0 Å². The molecule has 1 unspecified atom stereocenters. The van der Waals surface area contributed by atoms with Crippen molar-refractivity contribution in [2.75, 3.05) is 19.5 Å². The molecule has 0 aliphatic heterocycles. The smallest absolute Gasteiger partial charge is 0.323 e. The molecule has 11 heteroatoms. The van der Waals surface area contributed by atoms with Crippen molar-refractivity contribution < 1.29 is 14.4 Å². The summed E-state index contributed by atoms with van der Waals surface area (Å²) in [6, 6.07) is 5.74. The molecule has 0 bridgehead atoms. The highest BCUT2D eigenvalue weighted by molar-refractivity contribution is 6.39. The summed E-state index contributed by atoms with van der Waals surface area (Å²) in [5, 5.41) is 0.975. The number of nitrogens with two attached hydrogens (primary N) is 2. The van der Waals surface area contributed by atoms with Gasteiger partial charge in [-0.3, -0.25) is 9.59 Å². The zero-order valence-electron chi connectivity index (χ0n) is 17.8. The average Bonchev–Trinajstić information content (AvgIpc) is 2.73. The number of carbonyl (C=O) groups excluding carboxylic acids is 1. The summed E-state index contributed by atoms with van der Waals surface area (Å²) in [7, 11) is 1.33. The number of hydrogen-bond acceptors (Lipinski definition) is 8. The van der Waals surface area contributed by atoms with Crippen molar-refractivity contribution >= 4 is 46.0 Å². The van der Waals surface area contributed by atoms with Gasteiger partial charge in [0.25, 0.3) is 5.56 Å². The average molecular weight is 480 g/mol. The molecule has 4 N–H and O–H groups in total. The van der Waals surface area contributed by atoms with Crippen molar-refractivity contribution in [3.8, 4) is 11.1 Å². The highest BCUT2D eigenvalue weighted by Gasteiger charge is 2.21. The van der Waals surface area contributed by atoms with E-state index in [9.17, 15) is 9.59 Å². The minimum atomic E-state index is -0.716. The highest BCUT2D eigenvalue weighted by Crippen LogP contribution is 2.34. The maximum Gasteiger partial charge on any atom is 0.323 e. The van der Waals surface area contributed by atoms with Crippen LogP contribution in [0.15, 0.2) is 29.1 Å². The lowest BCUT2D eigenvalue weighted by atomic mass is 10.1. The maximum absolute atomic E-state index is 13.1. The number of benzene rings is 1. The number of carbonyl (C=O) groups is 1. The Kier molecular flexibility index (Phi) is 7.22. The molecule has 3 rings (SSSR count). The first kappa shape index (κ1) is 23.8. The molecule has 0 aliphatic carbocycles. The molecule has 0 radical (unpaired) electrons. The summed E-state index contributed by atoms with van der Waals surface area (Å²) in [6.45, 7) is 3.66. The van der Waals surface area contributed by atoms with Crippen LogP contribution >= 0.6 is 23.2 Å². The third kappa shape index (κ3) is 4.64. The van der Waals surface area contributed by atoms with Gasteiger partial charge in [0.05, 0.1) is 27.6 Å². The van der Waals surface area contributed by atoms with Crippen LogP contribution in [-0.4, -0.2) is 40.4 Å².